The van der Waals surface area contributed by atoms with E-state index in [2.05, 4.69) is 78.8 Å². The summed E-state index contributed by atoms with van der Waals surface area (Å²) in [6.45, 7) is 3.73. The standard InChI is InChI=1S/C46H78O12S/c1-3-5-7-9-11-13-15-17-18-19-20-21-22-24-26-28-30-32-34-36-54-38-40(39-55-46-44(50)45(58-59(51,52)53)43(49)41(37-47)57-46)56-42(48)35-33-31-29-27-25-23-16-14-12-10-8-6-4-2/h6,8,12-15,18-19,23,25,29,31,40-41,43-47,49-50H,3-5,7,9-11,16-17,20-22,24,26-28,30,32-39H2,1-2H3,(H,51,52,53)/b8-6-,14-12-,15-13-,19-18-,25-23-,31-29-. The predicted molar refractivity (Wildman–Crippen MR) is 234 cm³/mol. The molecule has 4 N–H and O–H groups in total. The second-order valence-electron chi connectivity index (χ2n) is 14.9. The van der Waals surface area contributed by atoms with Gasteiger partial charge in [0.15, 0.2) is 6.29 Å². The molecule has 1 saturated heterocycles. The molecule has 0 spiro atoms. The van der Waals surface area contributed by atoms with E-state index in [0.717, 1.165) is 57.8 Å². The van der Waals surface area contributed by atoms with E-state index in [0.29, 0.717) is 13.0 Å². The third-order valence-corrected chi connectivity index (χ3v) is 10.0. The normalized spacial score (nSPS) is 21.1. The summed E-state index contributed by atoms with van der Waals surface area (Å²) in [5, 5.41) is 30.6. The van der Waals surface area contributed by atoms with Crippen molar-refractivity contribution in [2.75, 3.05) is 26.4 Å². The van der Waals surface area contributed by atoms with Crippen LogP contribution in [-0.4, -0.2) is 97.5 Å². The summed E-state index contributed by atoms with van der Waals surface area (Å²) in [6.07, 6.45) is 38.1. The highest BCUT2D eigenvalue weighted by molar-refractivity contribution is 7.80. The third-order valence-electron chi connectivity index (χ3n) is 9.58. The Morgan fingerprint density at radius 3 is 1.71 bits per heavy atom. The summed E-state index contributed by atoms with van der Waals surface area (Å²) in [6, 6.07) is 0. The Kier molecular flexibility index (Phi) is 34.5. The van der Waals surface area contributed by atoms with Crippen LogP contribution in [0.5, 0.6) is 0 Å². The molecule has 13 heteroatoms. The molecule has 1 heterocycles. The van der Waals surface area contributed by atoms with Crippen molar-refractivity contribution in [3.8, 4) is 0 Å². The molecule has 1 rings (SSSR count). The van der Waals surface area contributed by atoms with Crippen molar-refractivity contribution in [2.24, 2.45) is 0 Å². The number of aliphatic hydroxyl groups excluding tert-OH is 3. The van der Waals surface area contributed by atoms with Gasteiger partial charge in [-0.2, -0.15) is 8.42 Å². The number of rotatable bonds is 37. The molecule has 0 bridgehead atoms. The van der Waals surface area contributed by atoms with Crippen LogP contribution >= 0.6 is 0 Å². The minimum Gasteiger partial charge on any atom is -0.457 e. The highest BCUT2D eigenvalue weighted by atomic mass is 32.3. The molecule has 0 saturated carbocycles. The van der Waals surface area contributed by atoms with Gasteiger partial charge in [-0.15, -0.1) is 0 Å². The fraction of sp³-hybridized carbons (Fsp3) is 0.717. The van der Waals surface area contributed by atoms with Crippen LogP contribution in [0.25, 0.3) is 0 Å². The molecule has 0 aliphatic carbocycles. The second kappa shape index (κ2) is 37.3. The minimum atomic E-state index is -5.07. The highest BCUT2D eigenvalue weighted by Crippen LogP contribution is 2.26. The monoisotopic (exact) mass is 855 g/mol. The van der Waals surface area contributed by atoms with Gasteiger partial charge in [0.25, 0.3) is 0 Å². The van der Waals surface area contributed by atoms with Crippen LogP contribution < -0.4 is 0 Å². The molecule has 59 heavy (non-hydrogen) atoms. The summed E-state index contributed by atoms with van der Waals surface area (Å²) in [5.41, 5.74) is 0. The molecule has 12 nitrogen and oxygen atoms in total. The molecule has 0 aromatic rings. The van der Waals surface area contributed by atoms with E-state index in [9.17, 15) is 28.5 Å². The van der Waals surface area contributed by atoms with Crippen molar-refractivity contribution in [1.82, 2.24) is 0 Å². The van der Waals surface area contributed by atoms with Gasteiger partial charge in [-0.3, -0.25) is 9.35 Å². The van der Waals surface area contributed by atoms with Crippen molar-refractivity contribution in [3.63, 3.8) is 0 Å². The van der Waals surface area contributed by atoms with Crippen LogP contribution in [-0.2, 0) is 38.3 Å². The van der Waals surface area contributed by atoms with Gasteiger partial charge in [0.05, 0.1) is 19.8 Å². The molecule has 1 fully saturated rings. The Hall–Kier alpha value is -2.46. The Morgan fingerprint density at radius 2 is 1.17 bits per heavy atom. The lowest BCUT2D eigenvalue weighted by Gasteiger charge is -2.41. The van der Waals surface area contributed by atoms with Crippen molar-refractivity contribution in [1.29, 1.82) is 0 Å². The van der Waals surface area contributed by atoms with Crippen LogP contribution in [0.3, 0.4) is 0 Å². The molecule has 0 amide bonds. The topological polar surface area (TPSA) is 178 Å². The number of hydrogen-bond acceptors (Lipinski definition) is 11. The molecule has 0 aromatic carbocycles. The molecular weight excluding hydrogens is 777 g/mol. The number of aliphatic hydroxyl groups is 3. The van der Waals surface area contributed by atoms with Gasteiger partial charge in [0.2, 0.25) is 0 Å². The quantitative estimate of drug-likeness (QED) is 0.0202. The first kappa shape index (κ1) is 54.6. The number of unbranched alkanes of at least 4 members (excludes halogenated alkanes) is 12. The van der Waals surface area contributed by atoms with Crippen molar-refractivity contribution < 1.29 is 56.2 Å². The first-order valence-electron chi connectivity index (χ1n) is 22.2. The van der Waals surface area contributed by atoms with Crippen LogP contribution in [0.1, 0.15) is 149 Å². The Balaban J connectivity index is 2.47. The van der Waals surface area contributed by atoms with E-state index in [-0.39, 0.29) is 19.6 Å². The van der Waals surface area contributed by atoms with E-state index in [1.165, 1.54) is 64.2 Å². The molecule has 6 atom stereocenters. The summed E-state index contributed by atoms with van der Waals surface area (Å²) in [7, 11) is -5.07. The number of carbonyl (C=O) groups is 1. The molecule has 1 aliphatic rings. The summed E-state index contributed by atoms with van der Waals surface area (Å²) < 4.78 is 58.9. The third kappa shape index (κ3) is 31.1. The average molecular weight is 855 g/mol. The maximum atomic E-state index is 12.8. The van der Waals surface area contributed by atoms with E-state index in [1.807, 2.05) is 12.2 Å². The van der Waals surface area contributed by atoms with Crippen molar-refractivity contribution in [2.45, 2.75) is 185 Å². The van der Waals surface area contributed by atoms with Crippen LogP contribution in [0, 0.1) is 0 Å². The first-order chi connectivity index (χ1) is 28.6. The predicted octanol–water partition coefficient (Wildman–Crippen LogP) is 9.13. The second-order valence-corrected chi connectivity index (χ2v) is 15.9. The molecule has 0 aromatic heterocycles. The summed E-state index contributed by atoms with van der Waals surface area (Å²) in [5.74, 6) is -0.484. The molecule has 1 aliphatic heterocycles. The Bertz CT molecular complexity index is 1310. The van der Waals surface area contributed by atoms with E-state index in [1.54, 1.807) is 0 Å². The molecule has 340 valence electrons. The lowest BCUT2D eigenvalue weighted by atomic mass is 9.99. The largest absolute Gasteiger partial charge is 0.457 e. The van der Waals surface area contributed by atoms with E-state index < -0.39 is 59.8 Å². The zero-order chi connectivity index (χ0) is 43.2. The maximum Gasteiger partial charge on any atom is 0.397 e. The summed E-state index contributed by atoms with van der Waals surface area (Å²) in [4.78, 5) is 12.8. The Morgan fingerprint density at radius 1 is 0.661 bits per heavy atom. The van der Waals surface area contributed by atoms with E-state index >= 15 is 0 Å². The SMILES string of the molecule is CC/C=C\C/C=C\C/C=C\C/C=C\CCC(=O)OC(COCCCCCCCCCC/C=C\C/C=C\CCCCCC)COC1OC(CO)C(O)C(OS(=O)(=O)O)C1O. The number of esters is 1. The van der Waals surface area contributed by atoms with Crippen LogP contribution in [0.15, 0.2) is 72.9 Å². The van der Waals surface area contributed by atoms with Gasteiger partial charge in [0, 0.05) is 13.0 Å². The van der Waals surface area contributed by atoms with Crippen LogP contribution in [0.4, 0.5) is 0 Å². The fourth-order valence-electron chi connectivity index (χ4n) is 6.24. The van der Waals surface area contributed by atoms with Gasteiger partial charge < -0.3 is 34.3 Å². The van der Waals surface area contributed by atoms with Crippen molar-refractivity contribution >= 4 is 16.4 Å². The zero-order valence-electron chi connectivity index (χ0n) is 36.0. The lowest BCUT2D eigenvalue weighted by Crippen LogP contribution is -2.60. The highest BCUT2D eigenvalue weighted by Gasteiger charge is 2.48. The Labute approximate surface area is 356 Å². The number of ether oxygens (including phenoxy) is 4. The lowest BCUT2D eigenvalue weighted by molar-refractivity contribution is -0.301. The fourth-order valence-corrected chi connectivity index (χ4v) is 6.75. The van der Waals surface area contributed by atoms with Gasteiger partial charge in [0.1, 0.15) is 30.5 Å². The number of hydrogen-bond donors (Lipinski definition) is 4. The van der Waals surface area contributed by atoms with Gasteiger partial charge >= 0.3 is 16.4 Å². The number of allylic oxidation sites excluding steroid dienone is 12. The summed E-state index contributed by atoms with van der Waals surface area (Å²) >= 11 is 0. The van der Waals surface area contributed by atoms with Gasteiger partial charge in [-0.05, 0) is 70.6 Å². The molecular formula is C46H78O12S. The molecule has 6 unspecified atom stereocenters. The molecule has 0 radical (unpaired) electrons. The minimum absolute atomic E-state index is 0.000685. The van der Waals surface area contributed by atoms with E-state index in [4.69, 9.17) is 23.5 Å². The maximum absolute atomic E-state index is 12.8. The van der Waals surface area contributed by atoms with Crippen LogP contribution in [0.2, 0.25) is 0 Å². The number of carbonyl (C=O) groups excluding carboxylic acids is 1. The van der Waals surface area contributed by atoms with Gasteiger partial charge in [-0.25, -0.2) is 4.18 Å². The van der Waals surface area contributed by atoms with Crippen molar-refractivity contribution in [3.05, 3.63) is 72.9 Å². The first-order valence-corrected chi connectivity index (χ1v) is 23.6. The van der Waals surface area contributed by atoms with Gasteiger partial charge in [-0.1, -0.05) is 145 Å². The smallest absolute Gasteiger partial charge is 0.397 e. The zero-order valence-corrected chi connectivity index (χ0v) is 36.8. The average Bonchev–Trinajstić information content (AvgIpc) is 3.20.